The fourth-order valence-electron chi connectivity index (χ4n) is 4.12. The summed E-state index contributed by atoms with van der Waals surface area (Å²) >= 11 is 0. The Hall–Kier alpha value is -2.39. The minimum atomic E-state index is -4.12. The van der Waals surface area contributed by atoms with Gasteiger partial charge in [0.25, 0.3) is 0 Å². The number of ether oxygens (including phenoxy) is 3. The summed E-state index contributed by atoms with van der Waals surface area (Å²) in [7, 11) is -4.12. The molecule has 3 heterocycles. The molecule has 2 aromatic carbocycles. The van der Waals surface area contributed by atoms with Crippen LogP contribution in [-0.2, 0) is 15.3 Å². The maximum atomic E-state index is 13.4. The first-order valence-corrected chi connectivity index (χ1v) is 10.3. The molecule has 0 spiro atoms. The van der Waals surface area contributed by atoms with Gasteiger partial charge in [-0.15, -0.1) is 8.78 Å². The number of rotatable bonds is 2. The number of piperidine rings is 1. The number of fused-ring (bicyclic) bond motifs is 4. The molecule has 0 aromatic heterocycles. The molecule has 0 radical (unpaired) electrons. The first-order valence-electron chi connectivity index (χ1n) is 8.87. The first-order chi connectivity index (χ1) is 13.2. The molecule has 9 heteroatoms. The zero-order chi connectivity index (χ0) is 19.7. The Bertz CT molecular complexity index is 1090. The molecular weight excluding hydrogens is 392 g/mol. The SMILES string of the molecule is CC12CCNCC1Oc1cc(S(=O)(=O)c3cccc4c3OC(F)(F)O4)ccc12. The van der Waals surface area contributed by atoms with Gasteiger partial charge in [-0.05, 0) is 37.2 Å². The quantitative estimate of drug-likeness (QED) is 0.822. The number of hydrogen-bond acceptors (Lipinski definition) is 6. The van der Waals surface area contributed by atoms with E-state index in [1.807, 2.05) is 0 Å². The van der Waals surface area contributed by atoms with E-state index in [1.165, 1.54) is 30.3 Å². The Morgan fingerprint density at radius 2 is 1.96 bits per heavy atom. The van der Waals surface area contributed by atoms with Crippen LogP contribution in [0.2, 0.25) is 0 Å². The van der Waals surface area contributed by atoms with E-state index in [9.17, 15) is 17.2 Å². The number of para-hydroxylation sites is 1. The van der Waals surface area contributed by atoms with Crippen LogP contribution in [0.1, 0.15) is 18.9 Å². The predicted molar refractivity (Wildman–Crippen MR) is 93.8 cm³/mol. The molecular formula is C19H17F2NO5S. The molecule has 6 nitrogen and oxygen atoms in total. The minimum Gasteiger partial charge on any atom is -0.488 e. The topological polar surface area (TPSA) is 73.9 Å². The summed E-state index contributed by atoms with van der Waals surface area (Å²) in [6.07, 6.45) is -3.10. The molecule has 3 aliphatic rings. The number of sulfone groups is 1. The molecule has 2 atom stereocenters. The molecule has 0 bridgehead atoms. The van der Waals surface area contributed by atoms with Crippen LogP contribution >= 0.6 is 0 Å². The van der Waals surface area contributed by atoms with Gasteiger partial charge in [-0.3, -0.25) is 0 Å². The lowest BCUT2D eigenvalue weighted by Crippen LogP contribution is -2.49. The van der Waals surface area contributed by atoms with Crippen molar-refractivity contribution in [3.05, 3.63) is 42.0 Å². The number of hydrogen-bond donors (Lipinski definition) is 1. The standard InChI is InChI=1S/C19H17F2NO5S/c1-18-7-8-22-10-16(18)25-14-9-11(5-6-12(14)18)28(23,24)15-4-2-3-13-17(15)27-19(20,21)26-13/h2-6,9,16,22H,7-8,10H2,1H3. The van der Waals surface area contributed by atoms with Gasteiger partial charge in [0.1, 0.15) is 16.7 Å². The van der Waals surface area contributed by atoms with Crippen LogP contribution in [0.4, 0.5) is 8.78 Å². The fourth-order valence-corrected chi connectivity index (χ4v) is 5.53. The molecule has 5 rings (SSSR count). The molecule has 28 heavy (non-hydrogen) atoms. The van der Waals surface area contributed by atoms with Crippen molar-refractivity contribution in [2.45, 2.75) is 40.9 Å². The molecule has 2 aromatic rings. The third-order valence-corrected chi connectivity index (χ3v) is 7.47. The van der Waals surface area contributed by atoms with E-state index in [-0.39, 0.29) is 27.1 Å². The van der Waals surface area contributed by atoms with Gasteiger partial charge < -0.3 is 19.5 Å². The summed E-state index contributed by atoms with van der Waals surface area (Å²) in [6.45, 7) is 3.65. The average molecular weight is 409 g/mol. The van der Waals surface area contributed by atoms with Gasteiger partial charge in [0.05, 0.1) is 4.90 Å². The molecule has 0 aliphatic carbocycles. The molecule has 0 amide bonds. The van der Waals surface area contributed by atoms with Gasteiger partial charge in [0.15, 0.2) is 11.5 Å². The van der Waals surface area contributed by atoms with Crippen LogP contribution in [0, 0.1) is 0 Å². The number of halogens is 2. The van der Waals surface area contributed by atoms with Crippen molar-refractivity contribution in [1.29, 1.82) is 0 Å². The third kappa shape index (κ3) is 2.42. The van der Waals surface area contributed by atoms with Crippen molar-refractivity contribution < 1.29 is 31.4 Å². The highest BCUT2D eigenvalue weighted by atomic mass is 32.2. The van der Waals surface area contributed by atoms with E-state index in [0.29, 0.717) is 12.3 Å². The maximum absolute atomic E-state index is 13.4. The third-order valence-electron chi connectivity index (χ3n) is 5.69. The van der Waals surface area contributed by atoms with Crippen LogP contribution < -0.4 is 19.5 Å². The Kier molecular flexibility index (Phi) is 3.52. The predicted octanol–water partition coefficient (Wildman–Crippen LogP) is 2.85. The van der Waals surface area contributed by atoms with Gasteiger partial charge >= 0.3 is 6.29 Å². The van der Waals surface area contributed by atoms with E-state index in [0.717, 1.165) is 18.5 Å². The summed E-state index contributed by atoms with van der Waals surface area (Å²) in [6, 6.07) is 8.49. The molecule has 148 valence electrons. The van der Waals surface area contributed by atoms with Crippen LogP contribution in [0.5, 0.6) is 17.2 Å². The largest absolute Gasteiger partial charge is 0.586 e. The van der Waals surface area contributed by atoms with Gasteiger partial charge in [0.2, 0.25) is 9.84 Å². The fraction of sp³-hybridized carbons (Fsp3) is 0.368. The zero-order valence-electron chi connectivity index (χ0n) is 14.9. The smallest absolute Gasteiger partial charge is 0.488 e. The van der Waals surface area contributed by atoms with E-state index in [1.54, 1.807) is 6.07 Å². The zero-order valence-corrected chi connectivity index (χ0v) is 15.7. The van der Waals surface area contributed by atoms with E-state index < -0.39 is 21.9 Å². The molecule has 1 saturated heterocycles. The van der Waals surface area contributed by atoms with Gasteiger partial charge in [-0.25, -0.2) is 8.42 Å². The van der Waals surface area contributed by atoms with Crippen molar-refractivity contribution in [2.24, 2.45) is 0 Å². The minimum absolute atomic E-state index is 0.0475. The van der Waals surface area contributed by atoms with Crippen molar-refractivity contribution in [1.82, 2.24) is 5.32 Å². The second-order valence-corrected chi connectivity index (χ2v) is 9.31. The highest BCUT2D eigenvalue weighted by Gasteiger charge is 2.48. The van der Waals surface area contributed by atoms with Crippen LogP contribution in [0.3, 0.4) is 0 Å². The Balaban J connectivity index is 1.58. The van der Waals surface area contributed by atoms with Crippen LogP contribution in [0.15, 0.2) is 46.2 Å². The van der Waals surface area contributed by atoms with Crippen molar-refractivity contribution in [3.8, 4) is 17.2 Å². The summed E-state index contributed by atoms with van der Waals surface area (Å²) in [5.41, 5.74) is 0.776. The second kappa shape index (κ2) is 5.57. The second-order valence-electron chi connectivity index (χ2n) is 7.39. The molecule has 1 N–H and O–H groups in total. The van der Waals surface area contributed by atoms with E-state index >= 15 is 0 Å². The summed E-state index contributed by atoms with van der Waals surface area (Å²) in [5, 5.41) is 3.28. The molecule has 0 saturated carbocycles. The van der Waals surface area contributed by atoms with Crippen molar-refractivity contribution >= 4 is 9.84 Å². The van der Waals surface area contributed by atoms with Crippen molar-refractivity contribution in [3.63, 3.8) is 0 Å². The number of benzene rings is 2. The Labute approximate surface area is 160 Å². The lowest BCUT2D eigenvalue weighted by Gasteiger charge is -2.35. The normalized spacial score (nSPS) is 27.0. The lowest BCUT2D eigenvalue weighted by atomic mass is 9.74. The summed E-state index contributed by atoms with van der Waals surface area (Å²) in [5.74, 6) is -0.292. The van der Waals surface area contributed by atoms with E-state index in [4.69, 9.17) is 4.74 Å². The van der Waals surface area contributed by atoms with Gasteiger partial charge in [-0.1, -0.05) is 19.1 Å². The van der Waals surface area contributed by atoms with Gasteiger partial charge in [0, 0.05) is 17.5 Å². The number of alkyl halides is 2. The van der Waals surface area contributed by atoms with E-state index in [2.05, 4.69) is 21.7 Å². The maximum Gasteiger partial charge on any atom is 0.586 e. The summed E-state index contributed by atoms with van der Waals surface area (Å²) in [4.78, 5) is -0.418. The lowest BCUT2D eigenvalue weighted by molar-refractivity contribution is -0.287. The van der Waals surface area contributed by atoms with Gasteiger partial charge in [-0.2, -0.15) is 0 Å². The summed E-state index contributed by atoms with van der Waals surface area (Å²) < 4.78 is 68.0. The molecule has 1 fully saturated rings. The van der Waals surface area contributed by atoms with Crippen LogP contribution in [-0.4, -0.2) is 33.9 Å². The Morgan fingerprint density at radius 3 is 2.79 bits per heavy atom. The molecule has 2 unspecified atom stereocenters. The average Bonchev–Trinajstić information content (AvgIpc) is 3.12. The monoisotopic (exact) mass is 409 g/mol. The highest BCUT2D eigenvalue weighted by Crippen LogP contribution is 2.49. The molecule has 3 aliphatic heterocycles. The Morgan fingerprint density at radius 1 is 1.14 bits per heavy atom. The highest BCUT2D eigenvalue weighted by molar-refractivity contribution is 7.91. The first kappa shape index (κ1) is 17.7. The number of nitrogens with one attached hydrogen (secondary N) is 1. The van der Waals surface area contributed by atoms with Crippen molar-refractivity contribution in [2.75, 3.05) is 13.1 Å². The van der Waals surface area contributed by atoms with Crippen LogP contribution in [0.25, 0.3) is 0 Å².